The van der Waals surface area contributed by atoms with Crippen molar-refractivity contribution >= 4 is 17.3 Å². The third-order valence-corrected chi connectivity index (χ3v) is 5.40. The van der Waals surface area contributed by atoms with Crippen molar-refractivity contribution in [2.45, 2.75) is 32.7 Å². The Morgan fingerprint density at radius 2 is 1.93 bits per heavy atom. The first-order valence-electron chi connectivity index (χ1n) is 9.10. The van der Waals surface area contributed by atoms with Crippen molar-refractivity contribution in [1.29, 1.82) is 0 Å². The number of imidazole rings is 1. The number of hydrogen-bond acceptors (Lipinski definition) is 4. The number of rotatable bonds is 3. The molecular formula is C20H22ClN5O. The van der Waals surface area contributed by atoms with Gasteiger partial charge >= 0.3 is 0 Å². The van der Waals surface area contributed by atoms with Gasteiger partial charge in [0, 0.05) is 31.6 Å². The van der Waals surface area contributed by atoms with Crippen LogP contribution < -0.4 is 10.5 Å². The van der Waals surface area contributed by atoms with Crippen LogP contribution in [0.5, 0.6) is 0 Å². The molecule has 0 atom stereocenters. The van der Waals surface area contributed by atoms with Crippen LogP contribution in [0, 0.1) is 0 Å². The van der Waals surface area contributed by atoms with E-state index in [-0.39, 0.29) is 10.6 Å². The molecule has 0 radical (unpaired) electrons. The van der Waals surface area contributed by atoms with Crippen molar-refractivity contribution in [3.05, 3.63) is 69.1 Å². The largest absolute Gasteiger partial charge is 0.362 e. The summed E-state index contributed by atoms with van der Waals surface area (Å²) in [6.45, 7) is 5.71. The minimum Gasteiger partial charge on any atom is -0.362 e. The first kappa shape index (κ1) is 17.8. The summed E-state index contributed by atoms with van der Waals surface area (Å²) in [7, 11) is 2.08. The first-order chi connectivity index (χ1) is 13.0. The number of aromatic nitrogens is 4. The van der Waals surface area contributed by atoms with Crippen molar-refractivity contribution in [1.82, 2.24) is 19.3 Å². The average molecular weight is 384 g/mol. The fraction of sp³-hybridized carbons (Fsp3) is 0.350. The SMILES string of the molecule is CC(C)c1nc2c(n1C)CCN(c1cnn(-c3ccccc3)c(=O)c1Cl)C2. The summed E-state index contributed by atoms with van der Waals surface area (Å²) in [5.74, 6) is 1.46. The number of para-hydroxylation sites is 1. The van der Waals surface area contributed by atoms with E-state index in [4.69, 9.17) is 16.6 Å². The Morgan fingerprint density at radius 3 is 2.63 bits per heavy atom. The Morgan fingerprint density at radius 1 is 1.19 bits per heavy atom. The molecule has 4 rings (SSSR count). The van der Waals surface area contributed by atoms with E-state index in [0.717, 1.165) is 24.5 Å². The lowest BCUT2D eigenvalue weighted by molar-refractivity contribution is 0.659. The Bertz CT molecular complexity index is 1040. The predicted molar refractivity (Wildman–Crippen MR) is 107 cm³/mol. The lowest BCUT2D eigenvalue weighted by atomic mass is 10.1. The monoisotopic (exact) mass is 383 g/mol. The van der Waals surface area contributed by atoms with Gasteiger partial charge < -0.3 is 9.47 Å². The van der Waals surface area contributed by atoms with Crippen LogP contribution >= 0.6 is 11.6 Å². The third-order valence-electron chi connectivity index (χ3n) is 5.05. The Kier molecular flexibility index (Phi) is 4.52. The number of hydrogen-bond donors (Lipinski definition) is 0. The van der Waals surface area contributed by atoms with E-state index in [1.807, 2.05) is 30.3 Å². The second-order valence-corrected chi connectivity index (χ2v) is 7.52. The third kappa shape index (κ3) is 3.04. The standard InChI is InChI=1S/C20H22ClN5O/c1-13(2)19-23-15-12-25(10-9-16(15)24(19)3)17-11-22-26(20(27)18(17)21)14-7-5-4-6-8-14/h4-8,11,13H,9-10,12H2,1-3H3. The van der Waals surface area contributed by atoms with Crippen molar-refractivity contribution in [3.8, 4) is 5.69 Å². The molecule has 27 heavy (non-hydrogen) atoms. The maximum atomic E-state index is 12.7. The van der Waals surface area contributed by atoms with Crippen molar-refractivity contribution in [2.75, 3.05) is 11.4 Å². The fourth-order valence-electron chi connectivity index (χ4n) is 3.67. The van der Waals surface area contributed by atoms with Crippen LogP contribution in [0.3, 0.4) is 0 Å². The summed E-state index contributed by atoms with van der Waals surface area (Å²) >= 11 is 6.46. The zero-order chi connectivity index (χ0) is 19.1. The van der Waals surface area contributed by atoms with E-state index in [1.54, 1.807) is 6.20 Å². The topological polar surface area (TPSA) is 56.0 Å². The molecule has 0 bridgehead atoms. The number of benzene rings is 1. The molecule has 0 saturated heterocycles. The zero-order valence-electron chi connectivity index (χ0n) is 15.7. The molecule has 0 spiro atoms. The highest BCUT2D eigenvalue weighted by atomic mass is 35.5. The van der Waals surface area contributed by atoms with Gasteiger partial charge in [0.15, 0.2) is 0 Å². The van der Waals surface area contributed by atoms with Gasteiger partial charge in [-0.05, 0) is 12.1 Å². The fourth-order valence-corrected chi connectivity index (χ4v) is 3.92. The number of halogens is 1. The number of nitrogens with zero attached hydrogens (tertiary/aromatic N) is 5. The first-order valence-corrected chi connectivity index (χ1v) is 9.47. The van der Waals surface area contributed by atoms with E-state index in [1.165, 1.54) is 10.4 Å². The highest BCUT2D eigenvalue weighted by Crippen LogP contribution is 2.29. The average Bonchev–Trinajstić information content (AvgIpc) is 3.01. The molecule has 0 saturated carbocycles. The summed E-state index contributed by atoms with van der Waals surface area (Å²) in [6.07, 6.45) is 2.54. The number of fused-ring (bicyclic) bond motifs is 1. The van der Waals surface area contributed by atoms with Crippen LogP contribution in [0.1, 0.15) is 37.0 Å². The van der Waals surface area contributed by atoms with E-state index >= 15 is 0 Å². The molecule has 1 aliphatic heterocycles. The second kappa shape index (κ2) is 6.85. The molecular weight excluding hydrogens is 362 g/mol. The van der Waals surface area contributed by atoms with E-state index in [2.05, 4.69) is 35.5 Å². The van der Waals surface area contributed by atoms with Gasteiger partial charge in [0.05, 0.1) is 29.8 Å². The Balaban J connectivity index is 1.68. The van der Waals surface area contributed by atoms with E-state index < -0.39 is 0 Å². The van der Waals surface area contributed by atoms with Gasteiger partial charge in [0.25, 0.3) is 5.56 Å². The van der Waals surface area contributed by atoms with Gasteiger partial charge in [-0.1, -0.05) is 43.6 Å². The highest BCUT2D eigenvalue weighted by molar-refractivity contribution is 6.33. The lowest BCUT2D eigenvalue weighted by Crippen LogP contribution is -2.33. The lowest BCUT2D eigenvalue weighted by Gasteiger charge is -2.29. The minimum absolute atomic E-state index is 0.192. The summed E-state index contributed by atoms with van der Waals surface area (Å²) in [5.41, 5.74) is 3.36. The Hall–Kier alpha value is -2.60. The van der Waals surface area contributed by atoms with E-state index in [0.29, 0.717) is 23.8 Å². The molecule has 0 aliphatic carbocycles. The molecule has 7 heteroatoms. The van der Waals surface area contributed by atoms with Gasteiger partial charge in [-0.25, -0.2) is 4.98 Å². The maximum Gasteiger partial charge on any atom is 0.292 e. The molecule has 3 aromatic rings. The highest BCUT2D eigenvalue weighted by Gasteiger charge is 2.26. The quantitative estimate of drug-likeness (QED) is 0.696. The smallest absolute Gasteiger partial charge is 0.292 e. The van der Waals surface area contributed by atoms with Crippen LogP contribution in [-0.4, -0.2) is 25.9 Å². The van der Waals surface area contributed by atoms with Gasteiger partial charge in [0.2, 0.25) is 0 Å². The van der Waals surface area contributed by atoms with Crippen LogP contribution in [-0.2, 0) is 20.0 Å². The number of anilines is 1. The van der Waals surface area contributed by atoms with Crippen molar-refractivity contribution in [2.24, 2.45) is 7.05 Å². The van der Waals surface area contributed by atoms with Crippen LogP contribution in [0.15, 0.2) is 41.3 Å². The molecule has 0 unspecified atom stereocenters. The molecule has 2 aromatic heterocycles. The second-order valence-electron chi connectivity index (χ2n) is 7.14. The van der Waals surface area contributed by atoms with Gasteiger partial charge in [-0.2, -0.15) is 9.78 Å². The zero-order valence-corrected chi connectivity index (χ0v) is 16.4. The summed E-state index contributed by atoms with van der Waals surface area (Å²) in [4.78, 5) is 19.7. The van der Waals surface area contributed by atoms with Gasteiger partial charge in [-0.3, -0.25) is 4.79 Å². The molecule has 1 aromatic carbocycles. The minimum atomic E-state index is -0.310. The molecule has 0 N–H and O–H groups in total. The summed E-state index contributed by atoms with van der Waals surface area (Å²) in [6, 6.07) is 9.29. The van der Waals surface area contributed by atoms with Gasteiger partial charge in [0.1, 0.15) is 10.8 Å². The van der Waals surface area contributed by atoms with Gasteiger partial charge in [-0.15, -0.1) is 0 Å². The maximum absolute atomic E-state index is 12.7. The molecule has 0 amide bonds. The summed E-state index contributed by atoms with van der Waals surface area (Å²) in [5, 5.41) is 4.54. The Labute approximate surface area is 163 Å². The normalized spacial score (nSPS) is 13.9. The van der Waals surface area contributed by atoms with Crippen molar-refractivity contribution in [3.63, 3.8) is 0 Å². The van der Waals surface area contributed by atoms with E-state index in [9.17, 15) is 4.79 Å². The molecule has 1 aliphatic rings. The molecule has 140 valence electrons. The molecule has 3 heterocycles. The summed E-state index contributed by atoms with van der Waals surface area (Å²) < 4.78 is 3.53. The van der Waals surface area contributed by atoms with Crippen LogP contribution in [0.4, 0.5) is 5.69 Å². The molecule has 0 fully saturated rings. The predicted octanol–water partition coefficient (Wildman–Crippen LogP) is 3.31. The van der Waals surface area contributed by atoms with Crippen LogP contribution in [0.2, 0.25) is 5.02 Å². The van der Waals surface area contributed by atoms with Crippen molar-refractivity contribution < 1.29 is 0 Å². The molecule has 6 nitrogen and oxygen atoms in total. The van der Waals surface area contributed by atoms with Crippen LogP contribution in [0.25, 0.3) is 5.69 Å².